The number of imide groups is 1. The molecular formula is C43H32BrNO6. The van der Waals surface area contributed by atoms with Crippen LogP contribution in [0.3, 0.4) is 0 Å². The van der Waals surface area contributed by atoms with Crippen LogP contribution in [0.15, 0.2) is 137 Å². The average molecular weight is 739 g/mol. The van der Waals surface area contributed by atoms with E-state index in [1.807, 2.05) is 60.7 Å². The fraction of sp³-hybridized carbons (Fsp3) is 0.209. The number of ether oxygens (including phenoxy) is 1. The molecule has 4 aromatic carbocycles. The molecule has 0 bridgehead atoms. The average Bonchev–Trinajstić information content (AvgIpc) is 3.41. The molecular weight excluding hydrogens is 706 g/mol. The molecule has 6 atom stereocenters. The molecule has 8 heteroatoms. The van der Waals surface area contributed by atoms with Crippen molar-refractivity contribution in [3.8, 4) is 11.5 Å². The lowest BCUT2D eigenvalue weighted by molar-refractivity contribution is -0.136. The summed E-state index contributed by atoms with van der Waals surface area (Å²) in [5.41, 5.74) is 3.31. The van der Waals surface area contributed by atoms with Gasteiger partial charge in [0.05, 0.1) is 29.2 Å². The van der Waals surface area contributed by atoms with Crippen LogP contribution in [-0.4, -0.2) is 28.5 Å². The first-order valence-electron chi connectivity index (χ1n) is 17.2. The maximum atomic E-state index is 15.2. The first kappa shape index (κ1) is 31.6. The number of ketones is 2. The van der Waals surface area contributed by atoms with Gasteiger partial charge in [-0.2, -0.15) is 0 Å². The van der Waals surface area contributed by atoms with Gasteiger partial charge in [0.2, 0.25) is 11.8 Å². The van der Waals surface area contributed by atoms with E-state index in [1.54, 1.807) is 48.7 Å². The van der Waals surface area contributed by atoms with Gasteiger partial charge in [-0.05, 0) is 84.0 Å². The summed E-state index contributed by atoms with van der Waals surface area (Å²) in [6, 6.07) is 30.8. The summed E-state index contributed by atoms with van der Waals surface area (Å²) >= 11 is 3.45. The second kappa shape index (κ2) is 11.9. The molecule has 0 radical (unpaired) electrons. The van der Waals surface area contributed by atoms with E-state index in [2.05, 4.69) is 22.0 Å². The topological polar surface area (TPSA) is 101 Å². The van der Waals surface area contributed by atoms with Gasteiger partial charge < -0.3 is 9.84 Å². The zero-order valence-electron chi connectivity index (χ0n) is 27.4. The Labute approximate surface area is 303 Å². The summed E-state index contributed by atoms with van der Waals surface area (Å²) < 4.78 is 7.03. The Morgan fingerprint density at radius 2 is 1.55 bits per heavy atom. The van der Waals surface area contributed by atoms with Gasteiger partial charge in [0.1, 0.15) is 11.5 Å². The molecule has 1 saturated heterocycles. The first-order valence-corrected chi connectivity index (χ1v) is 18.0. The molecule has 0 aromatic heterocycles. The third-order valence-corrected chi connectivity index (χ3v) is 12.1. The number of halogens is 1. The molecule has 2 aliphatic heterocycles. The van der Waals surface area contributed by atoms with Crippen molar-refractivity contribution in [2.75, 3.05) is 4.90 Å². The Kier molecular flexibility index (Phi) is 7.37. The molecule has 3 aliphatic carbocycles. The molecule has 252 valence electrons. The Hall–Kier alpha value is -5.34. The van der Waals surface area contributed by atoms with Crippen molar-refractivity contribution >= 4 is 50.6 Å². The van der Waals surface area contributed by atoms with Crippen LogP contribution < -0.4 is 9.64 Å². The maximum absolute atomic E-state index is 15.2. The van der Waals surface area contributed by atoms with Gasteiger partial charge in [-0.3, -0.25) is 24.1 Å². The fourth-order valence-corrected chi connectivity index (χ4v) is 9.80. The highest BCUT2D eigenvalue weighted by molar-refractivity contribution is 9.10. The van der Waals surface area contributed by atoms with Gasteiger partial charge in [0, 0.05) is 33.9 Å². The Bertz CT molecular complexity index is 2240. The van der Waals surface area contributed by atoms with Gasteiger partial charge in [-0.25, -0.2) is 0 Å². The Morgan fingerprint density at radius 1 is 0.824 bits per heavy atom. The van der Waals surface area contributed by atoms with E-state index in [0.717, 1.165) is 26.7 Å². The van der Waals surface area contributed by atoms with E-state index in [4.69, 9.17) is 4.74 Å². The van der Waals surface area contributed by atoms with Crippen molar-refractivity contribution < 1.29 is 29.0 Å². The number of carbonyl (C=O) groups is 4. The largest absolute Gasteiger partial charge is 0.508 e. The number of carbonyl (C=O) groups excluding carboxylic acids is 4. The molecule has 4 aromatic rings. The monoisotopic (exact) mass is 737 g/mol. The maximum Gasteiger partial charge on any atom is 0.238 e. The second-order valence-electron chi connectivity index (χ2n) is 14.1. The van der Waals surface area contributed by atoms with E-state index in [-0.39, 0.29) is 35.6 Å². The summed E-state index contributed by atoms with van der Waals surface area (Å²) in [7, 11) is 0. The lowest BCUT2D eigenvalue weighted by atomic mass is 9.44. The highest BCUT2D eigenvalue weighted by atomic mass is 79.9. The molecule has 1 N–H and O–H groups in total. The van der Waals surface area contributed by atoms with Crippen LogP contribution in [0.1, 0.15) is 29.5 Å². The van der Waals surface area contributed by atoms with Crippen LogP contribution in [0, 0.1) is 29.6 Å². The Morgan fingerprint density at radius 3 is 2.29 bits per heavy atom. The minimum Gasteiger partial charge on any atom is -0.508 e. The minimum absolute atomic E-state index is 0.0953. The van der Waals surface area contributed by atoms with Crippen molar-refractivity contribution in [3.63, 3.8) is 0 Å². The fourth-order valence-electron chi connectivity index (χ4n) is 9.53. The number of phenols is 1. The number of anilines is 1. The van der Waals surface area contributed by atoms with Crippen LogP contribution in [0.25, 0.3) is 5.57 Å². The van der Waals surface area contributed by atoms with Gasteiger partial charge >= 0.3 is 0 Å². The molecule has 6 unspecified atom stereocenters. The number of hydrogen-bond donors (Lipinski definition) is 1. The van der Waals surface area contributed by atoms with E-state index in [1.165, 1.54) is 11.0 Å². The van der Waals surface area contributed by atoms with Crippen molar-refractivity contribution in [3.05, 3.63) is 154 Å². The van der Waals surface area contributed by atoms with Crippen molar-refractivity contribution in [2.45, 2.75) is 24.7 Å². The molecule has 2 fully saturated rings. The number of rotatable bonds is 4. The summed E-state index contributed by atoms with van der Waals surface area (Å²) in [6.07, 6.45) is 6.18. The number of phenolic OH excluding ortho intramolecular Hbond substituents is 1. The number of aromatic hydroxyl groups is 1. The standard InChI is InChI=1S/C43H32BrNO6/c44-28-11-13-29(14-12-28)45-41(49)32-17-16-31-34(38(32)42(45)50)21-35-40(48)33(24-7-3-1-4-8-24)22-37(47)43(35,27-9-5-2-6-10-27)39(31)26-19-25-20-30(46)15-18-36(25)51-23-26/h1-16,18,20,22-23,32,34-35,38-39,46H,17,19,21H2. The number of benzene rings is 4. The van der Waals surface area contributed by atoms with E-state index >= 15 is 9.59 Å². The Balaban J connectivity index is 1.25. The van der Waals surface area contributed by atoms with Crippen molar-refractivity contribution in [1.29, 1.82) is 0 Å². The molecule has 5 aliphatic rings. The normalized spacial score (nSPS) is 28.1. The first-order chi connectivity index (χ1) is 24.8. The highest BCUT2D eigenvalue weighted by Crippen LogP contribution is 2.63. The molecule has 2 heterocycles. The van der Waals surface area contributed by atoms with Crippen LogP contribution in [-0.2, 0) is 31.0 Å². The second-order valence-corrected chi connectivity index (χ2v) is 15.0. The zero-order valence-corrected chi connectivity index (χ0v) is 29.0. The van der Waals surface area contributed by atoms with Crippen LogP contribution >= 0.6 is 15.9 Å². The molecule has 1 saturated carbocycles. The molecule has 7 nitrogen and oxygen atoms in total. The van der Waals surface area contributed by atoms with E-state index < -0.39 is 35.0 Å². The summed E-state index contributed by atoms with van der Waals surface area (Å²) in [5.74, 6) is -3.45. The summed E-state index contributed by atoms with van der Waals surface area (Å²) in [5, 5.41) is 10.4. The van der Waals surface area contributed by atoms with Crippen molar-refractivity contribution in [2.24, 2.45) is 29.6 Å². The highest BCUT2D eigenvalue weighted by Gasteiger charge is 2.66. The summed E-state index contributed by atoms with van der Waals surface area (Å²) in [4.78, 5) is 60.2. The minimum atomic E-state index is -1.34. The number of nitrogens with zero attached hydrogens (tertiary/aromatic N) is 1. The lowest BCUT2D eigenvalue weighted by Crippen LogP contribution is -2.60. The quantitative estimate of drug-likeness (QED) is 0.172. The number of Topliss-reactive ketones (excluding diaryl/α,β-unsaturated/α-hetero) is 1. The van der Waals surface area contributed by atoms with E-state index in [9.17, 15) is 14.7 Å². The van der Waals surface area contributed by atoms with Crippen molar-refractivity contribution in [1.82, 2.24) is 0 Å². The molecule has 2 amide bonds. The molecule has 9 rings (SSSR count). The number of fused-ring (bicyclic) bond motifs is 5. The van der Waals surface area contributed by atoms with Crippen LogP contribution in [0.5, 0.6) is 11.5 Å². The number of allylic oxidation sites excluding steroid dienone is 5. The third-order valence-electron chi connectivity index (χ3n) is 11.6. The number of amides is 2. The van der Waals surface area contributed by atoms with E-state index in [0.29, 0.717) is 35.4 Å². The number of hydrogen-bond acceptors (Lipinski definition) is 6. The zero-order chi connectivity index (χ0) is 35.0. The van der Waals surface area contributed by atoms with Gasteiger partial charge in [-0.1, -0.05) is 88.2 Å². The van der Waals surface area contributed by atoms with Gasteiger partial charge in [0.15, 0.2) is 11.6 Å². The predicted molar refractivity (Wildman–Crippen MR) is 194 cm³/mol. The van der Waals surface area contributed by atoms with Gasteiger partial charge in [-0.15, -0.1) is 0 Å². The third kappa shape index (κ3) is 4.69. The molecule has 0 spiro atoms. The van der Waals surface area contributed by atoms with Crippen LogP contribution in [0.2, 0.25) is 0 Å². The van der Waals surface area contributed by atoms with Crippen LogP contribution in [0.4, 0.5) is 5.69 Å². The van der Waals surface area contributed by atoms with Gasteiger partial charge in [0.25, 0.3) is 0 Å². The predicted octanol–water partition coefficient (Wildman–Crippen LogP) is 7.54. The summed E-state index contributed by atoms with van der Waals surface area (Å²) in [6.45, 7) is 0. The molecule has 51 heavy (non-hydrogen) atoms. The SMILES string of the molecule is O=C1C(c2ccccc2)=CC(=O)C2(c3ccccc3)C1CC1C(=CCC3C(=O)N(c4ccc(Br)cc4)C(=O)C31)C2C1=COc2ccc(O)cc2C1. The smallest absolute Gasteiger partial charge is 0.238 e. The lowest BCUT2D eigenvalue weighted by Gasteiger charge is -2.56.